The Kier molecular flexibility index (Phi) is 6.32. The molecule has 0 aromatic heterocycles. The Balaban J connectivity index is 0.00000182. The highest BCUT2D eigenvalue weighted by molar-refractivity contribution is 8.93. The van der Waals surface area contributed by atoms with Gasteiger partial charge < -0.3 is 4.90 Å². The van der Waals surface area contributed by atoms with Crippen molar-refractivity contribution in [3.05, 3.63) is 64.1 Å². The molecule has 2 aromatic rings. The fourth-order valence-electron chi connectivity index (χ4n) is 3.80. The molecule has 1 aliphatic heterocycles. The summed E-state index contributed by atoms with van der Waals surface area (Å²) in [6.45, 7) is 5.50. The Bertz CT molecular complexity index is 702. The van der Waals surface area contributed by atoms with Crippen molar-refractivity contribution in [3.63, 3.8) is 0 Å². The van der Waals surface area contributed by atoms with Crippen molar-refractivity contribution in [1.29, 1.82) is 0 Å². The highest BCUT2D eigenvalue weighted by atomic mass is 79.9. The van der Waals surface area contributed by atoms with Crippen LogP contribution in [0.2, 0.25) is 10.0 Å². The van der Waals surface area contributed by atoms with Gasteiger partial charge in [-0.15, -0.1) is 17.0 Å². The lowest BCUT2D eigenvalue weighted by Crippen LogP contribution is -2.47. The first-order valence-electron chi connectivity index (χ1n) is 8.68. The molecule has 1 saturated carbocycles. The second-order valence-electron chi connectivity index (χ2n) is 6.90. The van der Waals surface area contributed by atoms with E-state index >= 15 is 0 Å². The average molecular weight is 442 g/mol. The van der Waals surface area contributed by atoms with Crippen LogP contribution in [-0.2, 0) is 0 Å². The Morgan fingerprint density at radius 2 is 1.64 bits per heavy atom. The van der Waals surface area contributed by atoms with Crippen molar-refractivity contribution in [3.8, 4) is 0 Å². The Labute approximate surface area is 170 Å². The van der Waals surface area contributed by atoms with Gasteiger partial charge in [0.25, 0.3) is 0 Å². The predicted octanol–water partition coefficient (Wildman–Crippen LogP) is 5.50. The quantitative estimate of drug-likeness (QED) is 0.618. The normalized spacial score (nSPS) is 23.2. The molecule has 0 N–H and O–H groups in total. The molecule has 5 heteroatoms. The molecule has 0 radical (unpaired) electrons. The lowest BCUT2D eigenvalue weighted by atomic mass is 10.1. The van der Waals surface area contributed by atoms with E-state index in [1.54, 1.807) is 0 Å². The van der Waals surface area contributed by atoms with Gasteiger partial charge in [-0.05, 0) is 42.0 Å². The fraction of sp³-hybridized carbons (Fsp3) is 0.400. The van der Waals surface area contributed by atoms with E-state index in [1.807, 2.05) is 18.2 Å². The van der Waals surface area contributed by atoms with Crippen molar-refractivity contribution in [1.82, 2.24) is 4.90 Å². The van der Waals surface area contributed by atoms with Gasteiger partial charge in [0.2, 0.25) is 0 Å². The van der Waals surface area contributed by atoms with Gasteiger partial charge in [0.05, 0.1) is 10.7 Å². The summed E-state index contributed by atoms with van der Waals surface area (Å²) in [5.41, 5.74) is 2.61. The van der Waals surface area contributed by atoms with E-state index < -0.39 is 0 Å². The van der Waals surface area contributed by atoms with Crippen LogP contribution in [0.1, 0.15) is 17.9 Å². The van der Waals surface area contributed by atoms with Crippen molar-refractivity contribution >= 4 is 45.9 Å². The summed E-state index contributed by atoms with van der Waals surface area (Å²) < 4.78 is 0. The number of anilines is 1. The number of hydrogen-bond acceptors (Lipinski definition) is 2. The summed E-state index contributed by atoms with van der Waals surface area (Å²) in [4.78, 5) is 4.98. The van der Waals surface area contributed by atoms with Gasteiger partial charge in [0.1, 0.15) is 0 Å². The van der Waals surface area contributed by atoms with E-state index in [-0.39, 0.29) is 17.0 Å². The van der Waals surface area contributed by atoms with Gasteiger partial charge >= 0.3 is 0 Å². The van der Waals surface area contributed by atoms with Crippen LogP contribution in [0.15, 0.2) is 48.5 Å². The summed E-state index contributed by atoms with van der Waals surface area (Å²) in [7, 11) is 0. The van der Waals surface area contributed by atoms with Crippen molar-refractivity contribution in [2.75, 3.05) is 37.6 Å². The molecule has 2 aromatic carbocycles. The minimum absolute atomic E-state index is 0. The maximum atomic E-state index is 6.34. The second kappa shape index (κ2) is 8.30. The lowest BCUT2D eigenvalue weighted by Gasteiger charge is -2.36. The number of nitrogens with zero attached hydrogens (tertiary/aromatic N) is 2. The minimum atomic E-state index is 0. The number of halogens is 3. The van der Waals surface area contributed by atoms with E-state index in [0.29, 0.717) is 5.02 Å². The third kappa shape index (κ3) is 4.51. The first kappa shape index (κ1) is 19.0. The molecule has 2 fully saturated rings. The summed E-state index contributed by atoms with van der Waals surface area (Å²) in [5, 5.41) is 1.45. The number of rotatable bonds is 4. The van der Waals surface area contributed by atoms with Crippen LogP contribution in [0.25, 0.3) is 0 Å². The molecule has 1 aliphatic carbocycles. The molecule has 25 heavy (non-hydrogen) atoms. The molecule has 2 nitrogen and oxygen atoms in total. The first-order valence-corrected chi connectivity index (χ1v) is 9.43. The number of piperazine rings is 1. The van der Waals surface area contributed by atoms with Crippen molar-refractivity contribution < 1.29 is 0 Å². The van der Waals surface area contributed by atoms with Crippen molar-refractivity contribution in [2.24, 2.45) is 5.92 Å². The number of hydrogen-bond donors (Lipinski definition) is 0. The standard InChI is InChI=1S/C20H22Cl2N2.BrH/c21-17-6-7-20(19(22)13-17)24-10-8-23(9-11-24)14-16-12-18(16)15-4-2-1-3-5-15;/h1-7,13,16,18H,8-12,14H2;1H/t16-,18-;/m0./s1. The van der Waals surface area contributed by atoms with Crippen LogP contribution in [0, 0.1) is 5.92 Å². The molecular formula is C20H23BrCl2N2. The van der Waals surface area contributed by atoms with E-state index in [4.69, 9.17) is 23.2 Å². The molecule has 0 unspecified atom stereocenters. The molecule has 0 bridgehead atoms. The molecule has 2 aliphatic rings. The monoisotopic (exact) mass is 440 g/mol. The Hall–Kier alpha value is -0.740. The first-order chi connectivity index (χ1) is 11.7. The van der Waals surface area contributed by atoms with Gasteiger partial charge in [0.15, 0.2) is 0 Å². The molecule has 134 valence electrons. The highest BCUT2D eigenvalue weighted by Crippen LogP contribution is 2.47. The topological polar surface area (TPSA) is 6.48 Å². The maximum Gasteiger partial charge on any atom is 0.0654 e. The van der Waals surface area contributed by atoms with Gasteiger partial charge in [-0.2, -0.15) is 0 Å². The smallest absolute Gasteiger partial charge is 0.0654 e. The van der Waals surface area contributed by atoms with Crippen LogP contribution in [-0.4, -0.2) is 37.6 Å². The van der Waals surface area contributed by atoms with E-state index in [0.717, 1.165) is 48.7 Å². The van der Waals surface area contributed by atoms with Gasteiger partial charge in [0, 0.05) is 37.7 Å². The van der Waals surface area contributed by atoms with E-state index in [2.05, 4.69) is 40.1 Å². The maximum absolute atomic E-state index is 6.34. The average Bonchev–Trinajstić information content (AvgIpc) is 3.36. The van der Waals surface area contributed by atoms with Gasteiger partial charge in [-0.1, -0.05) is 53.5 Å². The third-order valence-corrected chi connectivity index (χ3v) is 5.80. The Morgan fingerprint density at radius 3 is 2.32 bits per heavy atom. The molecule has 0 amide bonds. The molecule has 2 atom stereocenters. The summed E-state index contributed by atoms with van der Waals surface area (Å²) in [5.74, 6) is 1.60. The summed E-state index contributed by atoms with van der Waals surface area (Å²) in [6.07, 6.45) is 1.34. The van der Waals surface area contributed by atoms with Crippen LogP contribution in [0.3, 0.4) is 0 Å². The zero-order valence-corrected chi connectivity index (χ0v) is 17.3. The second-order valence-corrected chi connectivity index (χ2v) is 7.74. The lowest BCUT2D eigenvalue weighted by molar-refractivity contribution is 0.246. The molecule has 1 heterocycles. The zero-order chi connectivity index (χ0) is 16.5. The predicted molar refractivity (Wildman–Crippen MR) is 113 cm³/mol. The SMILES string of the molecule is Br.Clc1ccc(N2CCN(C[C@@H]3C[C@H]3c3ccccc3)CC2)c(Cl)c1. The number of benzene rings is 2. The molecule has 0 spiro atoms. The van der Waals surface area contributed by atoms with Crippen LogP contribution >= 0.6 is 40.2 Å². The van der Waals surface area contributed by atoms with Crippen LogP contribution in [0.5, 0.6) is 0 Å². The molecule has 4 rings (SSSR count). The molecular weight excluding hydrogens is 419 g/mol. The zero-order valence-electron chi connectivity index (χ0n) is 14.1. The highest BCUT2D eigenvalue weighted by Gasteiger charge is 2.39. The third-order valence-electron chi connectivity index (χ3n) is 5.27. The fourth-order valence-corrected chi connectivity index (χ4v) is 4.33. The van der Waals surface area contributed by atoms with Gasteiger partial charge in [-0.25, -0.2) is 0 Å². The molecule has 1 saturated heterocycles. The largest absolute Gasteiger partial charge is 0.368 e. The van der Waals surface area contributed by atoms with Gasteiger partial charge in [-0.3, -0.25) is 4.90 Å². The Morgan fingerprint density at radius 1 is 0.920 bits per heavy atom. The van der Waals surface area contributed by atoms with E-state index in [1.165, 1.54) is 18.5 Å². The van der Waals surface area contributed by atoms with Crippen molar-refractivity contribution in [2.45, 2.75) is 12.3 Å². The minimum Gasteiger partial charge on any atom is -0.368 e. The summed E-state index contributed by atoms with van der Waals surface area (Å²) in [6, 6.07) is 16.7. The van der Waals surface area contributed by atoms with E-state index in [9.17, 15) is 0 Å². The summed E-state index contributed by atoms with van der Waals surface area (Å²) >= 11 is 12.3. The van der Waals surface area contributed by atoms with Crippen LogP contribution < -0.4 is 4.90 Å². The van der Waals surface area contributed by atoms with Crippen LogP contribution in [0.4, 0.5) is 5.69 Å².